The molecule has 1 unspecified atom stereocenters. The zero-order chi connectivity index (χ0) is 5.98. The topological polar surface area (TPSA) is 32.3 Å². The van der Waals surface area contributed by atoms with Gasteiger partial charge in [-0.05, 0) is 12.2 Å². The van der Waals surface area contributed by atoms with E-state index in [1.807, 2.05) is 0 Å². The second-order valence-electron chi connectivity index (χ2n) is 1.47. The fourth-order valence-electron chi connectivity index (χ4n) is 0.447. The largest absolute Gasteiger partial charge is 1.00 e. The average Bonchev–Trinajstić information content (AvgIpc) is 2.14. The minimum Gasteiger partial charge on any atom is -0.852 e. The predicted molar refractivity (Wildman–Crippen MR) is 34.8 cm³/mol. The van der Waals surface area contributed by atoms with E-state index in [-0.39, 0.29) is 64.1 Å². The van der Waals surface area contributed by atoms with Gasteiger partial charge in [-0.25, -0.2) is 0 Å². The van der Waals surface area contributed by atoms with Crippen molar-refractivity contribution in [3.8, 4) is 0 Å². The van der Waals surface area contributed by atoms with Gasteiger partial charge in [-0.1, -0.05) is 11.8 Å². The van der Waals surface area contributed by atoms with Gasteiger partial charge < -0.3 is 9.84 Å². The van der Waals surface area contributed by atoms with Crippen LogP contribution in [0.25, 0.3) is 0 Å². The van der Waals surface area contributed by atoms with Crippen molar-refractivity contribution < 1.29 is 61.2 Å². The molecule has 2 nitrogen and oxygen atoms in total. The van der Waals surface area contributed by atoms with Gasteiger partial charge in [0, 0.05) is 5.75 Å². The molecule has 0 amide bonds. The molecule has 5 heteroatoms. The Balaban J connectivity index is 0.000000640. The van der Waals surface area contributed by atoms with Crippen molar-refractivity contribution in [2.45, 2.75) is 6.10 Å². The van der Waals surface area contributed by atoms with E-state index in [4.69, 9.17) is 4.74 Å². The van der Waals surface area contributed by atoms with E-state index in [9.17, 15) is 5.11 Å². The van der Waals surface area contributed by atoms with Gasteiger partial charge in [-0.2, -0.15) is 0 Å². The third-order valence-electron chi connectivity index (χ3n) is 0.836. The van der Waals surface area contributed by atoms with E-state index in [0.717, 1.165) is 5.75 Å². The molecule has 1 rings (SSSR count). The first-order valence-electron chi connectivity index (χ1n) is 2.24. The predicted octanol–water partition coefficient (Wildman–Crippen LogP) is -3.23. The van der Waals surface area contributed by atoms with Crippen LogP contribution in [0.1, 0.15) is 0 Å². The molecule has 0 N–H and O–H groups in total. The maximum absolute atomic E-state index is 10.1. The first-order chi connectivity index (χ1) is 3.83. The van der Waals surface area contributed by atoms with Gasteiger partial charge in [-0.3, -0.25) is 0 Å². The smallest absolute Gasteiger partial charge is 0.852 e. The number of ether oxygens (including phenoxy) is 1. The Labute approximate surface area is 106 Å². The Morgan fingerprint density at radius 1 is 1.89 bits per heavy atom. The van der Waals surface area contributed by atoms with Gasteiger partial charge in [0.1, 0.15) is 0 Å². The molecule has 1 atom stereocenters. The van der Waals surface area contributed by atoms with Crippen molar-refractivity contribution in [1.29, 1.82) is 0 Å². The molecule has 0 radical (unpaired) electrons. The molecule has 0 spiro atoms. The summed E-state index contributed by atoms with van der Waals surface area (Å²) in [4.78, 5) is 0. The maximum Gasteiger partial charge on any atom is 1.00 e. The van der Waals surface area contributed by atoms with Gasteiger partial charge >= 0.3 is 51.4 Å². The SMILES string of the molecule is [K+].[O-]CC1CSC(=S)O1. The molecule has 9 heavy (non-hydrogen) atoms. The van der Waals surface area contributed by atoms with Crippen molar-refractivity contribution >= 4 is 28.4 Å². The molecule has 0 saturated carbocycles. The van der Waals surface area contributed by atoms with E-state index >= 15 is 0 Å². The first-order valence-corrected chi connectivity index (χ1v) is 3.64. The monoisotopic (exact) mass is 188 g/mol. The number of rotatable bonds is 1. The van der Waals surface area contributed by atoms with Gasteiger partial charge in [0.15, 0.2) is 0 Å². The zero-order valence-electron chi connectivity index (χ0n) is 5.12. The number of thiocarbonyl (C=S) groups is 1. The van der Waals surface area contributed by atoms with Crippen LogP contribution in [0.15, 0.2) is 0 Å². The van der Waals surface area contributed by atoms with E-state index in [0.29, 0.717) is 4.38 Å². The second kappa shape index (κ2) is 5.48. The number of hydrogen-bond donors (Lipinski definition) is 0. The summed E-state index contributed by atoms with van der Waals surface area (Å²) in [6.07, 6.45) is -0.160. The molecule has 0 aromatic heterocycles. The van der Waals surface area contributed by atoms with Crippen LogP contribution in [-0.2, 0) is 4.74 Å². The molecule has 1 fully saturated rings. The van der Waals surface area contributed by atoms with Gasteiger partial charge in [0.25, 0.3) is 0 Å². The zero-order valence-corrected chi connectivity index (χ0v) is 9.88. The van der Waals surface area contributed by atoms with Gasteiger partial charge in [0.05, 0.1) is 6.10 Å². The van der Waals surface area contributed by atoms with Crippen LogP contribution in [0.4, 0.5) is 0 Å². The first kappa shape index (κ1) is 10.8. The molecule has 1 saturated heterocycles. The summed E-state index contributed by atoms with van der Waals surface area (Å²) in [5.74, 6) is 0.738. The average molecular weight is 188 g/mol. The number of hydrogen-bond acceptors (Lipinski definition) is 4. The molecule has 0 aliphatic carbocycles. The van der Waals surface area contributed by atoms with E-state index < -0.39 is 0 Å². The van der Waals surface area contributed by atoms with Crippen molar-refractivity contribution in [3.63, 3.8) is 0 Å². The minimum absolute atomic E-state index is 0. The molecule has 46 valence electrons. The molecule has 1 heterocycles. The Bertz CT molecular complexity index is 109. The van der Waals surface area contributed by atoms with Crippen LogP contribution >= 0.6 is 24.0 Å². The standard InChI is InChI=1S/C4H5O2S2.K/c5-1-3-2-8-4(7)6-3;/h3H,1-2H2;/q-1;+1. The number of thioether (sulfide) groups is 1. The summed E-state index contributed by atoms with van der Waals surface area (Å²) in [7, 11) is 0. The molecule has 1 aliphatic heterocycles. The summed E-state index contributed by atoms with van der Waals surface area (Å²) in [6.45, 7) is -0.173. The van der Waals surface area contributed by atoms with E-state index in [2.05, 4.69) is 12.2 Å². The summed E-state index contributed by atoms with van der Waals surface area (Å²) in [5, 5.41) is 10.1. The summed E-state index contributed by atoms with van der Waals surface area (Å²) in [6, 6.07) is 0. The molecule has 0 bridgehead atoms. The maximum atomic E-state index is 10.1. The quantitative estimate of drug-likeness (QED) is 0.320. The van der Waals surface area contributed by atoms with Gasteiger partial charge in [-0.15, -0.1) is 6.61 Å². The van der Waals surface area contributed by atoms with Crippen molar-refractivity contribution in [3.05, 3.63) is 0 Å². The summed E-state index contributed by atoms with van der Waals surface area (Å²) >= 11 is 6.10. The van der Waals surface area contributed by atoms with Crippen LogP contribution in [0.3, 0.4) is 0 Å². The Morgan fingerprint density at radius 2 is 2.56 bits per heavy atom. The van der Waals surface area contributed by atoms with E-state index in [1.165, 1.54) is 11.8 Å². The molecular formula is C4H5KO2S2. The minimum atomic E-state index is -0.173. The second-order valence-corrected chi connectivity index (χ2v) is 3.09. The fourth-order valence-corrected chi connectivity index (χ4v) is 1.48. The fraction of sp³-hybridized carbons (Fsp3) is 0.750. The third kappa shape index (κ3) is 3.67. The van der Waals surface area contributed by atoms with Crippen molar-refractivity contribution in [2.75, 3.05) is 12.4 Å². The molecule has 0 aromatic carbocycles. The van der Waals surface area contributed by atoms with Crippen LogP contribution in [0.5, 0.6) is 0 Å². The van der Waals surface area contributed by atoms with Gasteiger partial charge in [0.2, 0.25) is 4.38 Å². The van der Waals surface area contributed by atoms with Crippen molar-refractivity contribution in [2.24, 2.45) is 0 Å². The molecule has 1 aliphatic rings. The summed E-state index contributed by atoms with van der Waals surface area (Å²) in [5.41, 5.74) is 0. The van der Waals surface area contributed by atoms with Crippen LogP contribution < -0.4 is 56.5 Å². The Morgan fingerprint density at radius 3 is 2.78 bits per heavy atom. The molecule has 0 aromatic rings. The van der Waals surface area contributed by atoms with E-state index in [1.54, 1.807) is 0 Å². The third-order valence-corrected chi connectivity index (χ3v) is 2.16. The normalized spacial score (nSPS) is 25.0. The van der Waals surface area contributed by atoms with Crippen LogP contribution in [0, 0.1) is 0 Å². The Hall–Kier alpha value is 1.84. The van der Waals surface area contributed by atoms with Crippen LogP contribution in [-0.4, -0.2) is 22.8 Å². The summed E-state index contributed by atoms with van der Waals surface area (Å²) < 4.78 is 5.41. The Kier molecular flexibility index (Phi) is 6.60. The molecular weight excluding hydrogens is 183 g/mol. The van der Waals surface area contributed by atoms with Crippen LogP contribution in [0.2, 0.25) is 0 Å². The van der Waals surface area contributed by atoms with Crippen molar-refractivity contribution in [1.82, 2.24) is 0 Å².